The van der Waals surface area contributed by atoms with E-state index in [0.717, 1.165) is 29.7 Å². The molecule has 6 heteroatoms. The van der Waals surface area contributed by atoms with Gasteiger partial charge in [-0.1, -0.05) is 40.2 Å². The molecular formula is C11H16BrN3OS. The average molecular weight is 318 g/mol. The van der Waals surface area contributed by atoms with Gasteiger partial charge in [0.2, 0.25) is 0 Å². The number of amides is 1. The second-order valence-electron chi connectivity index (χ2n) is 4.85. The molecule has 0 aromatic carbocycles. The van der Waals surface area contributed by atoms with Gasteiger partial charge >= 0.3 is 0 Å². The minimum Gasteiger partial charge on any atom is -0.345 e. The number of nitrogens with zero attached hydrogens (tertiary/aromatic N) is 2. The van der Waals surface area contributed by atoms with Gasteiger partial charge in [-0.2, -0.15) is 0 Å². The van der Waals surface area contributed by atoms with Crippen molar-refractivity contribution in [1.82, 2.24) is 14.9 Å². The van der Waals surface area contributed by atoms with Gasteiger partial charge in [-0.15, -0.1) is 5.10 Å². The Hall–Kier alpha value is -0.490. The van der Waals surface area contributed by atoms with Gasteiger partial charge in [-0.25, -0.2) is 0 Å². The normalized spacial score (nSPS) is 28.9. The molecule has 2 unspecified atom stereocenters. The van der Waals surface area contributed by atoms with E-state index in [9.17, 15) is 4.79 Å². The van der Waals surface area contributed by atoms with Gasteiger partial charge in [-0.05, 0) is 30.3 Å². The molecule has 1 heterocycles. The third-order valence-electron chi connectivity index (χ3n) is 3.31. The topological polar surface area (TPSA) is 54.9 Å². The number of aromatic nitrogens is 2. The number of rotatable bonds is 3. The van der Waals surface area contributed by atoms with E-state index in [-0.39, 0.29) is 11.4 Å². The third kappa shape index (κ3) is 3.04. The van der Waals surface area contributed by atoms with E-state index in [0.29, 0.717) is 10.8 Å². The molecule has 0 bridgehead atoms. The Labute approximate surface area is 113 Å². The summed E-state index contributed by atoms with van der Waals surface area (Å²) in [6, 6.07) is 0. The molecule has 0 radical (unpaired) electrons. The smallest absolute Gasteiger partial charge is 0.265 e. The molecule has 1 fully saturated rings. The van der Waals surface area contributed by atoms with Crippen LogP contribution in [-0.2, 0) is 0 Å². The molecule has 0 aliphatic heterocycles. The summed E-state index contributed by atoms with van der Waals surface area (Å²) in [5.74, 6) is 0.620. The maximum atomic E-state index is 12.0. The van der Waals surface area contributed by atoms with Crippen LogP contribution in [0.2, 0.25) is 0 Å². The first kappa shape index (κ1) is 13.0. The second kappa shape index (κ2) is 5.44. The van der Waals surface area contributed by atoms with Crippen LogP contribution in [0.1, 0.15) is 42.3 Å². The van der Waals surface area contributed by atoms with E-state index in [4.69, 9.17) is 0 Å². The molecule has 1 aromatic heterocycles. The van der Waals surface area contributed by atoms with Crippen molar-refractivity contribution >= 4 is 33.4 Å². The van der Waals surface area contributed by atoms with E-state index in [2.05, 4.69) is 37.8 Å². The molecular weight excluding hydrogens is 302 g/mol. The van der Waals surface area contributed by atoms with Crippen LogP contribution < -0.4 is 5.32 Å². The van der Waals surface area contributed by atoms with E-state index in [1.54, 1.807) is 0 Å². The van der Waals surface area contributed by atoms with Crippen molar-refractivity contribution in [3.05, 3.63) is 11.1 Å². The highest BCUT2D eigenvalue weighted by Gasteiger charge is 2.35. The number of halogens is 1. The van der Waals surface area contributed by atoms with Crippen molar-refractivity contribution in [2.75, 3.05) is 5.33 Å². The first-order valence-corrected chi connectivity index (χ1v) is 7.70. The SMILES string of the molecule is CC1CCCC(CBr)(NC(=O)c2cnns2)C1. The first-order valence-electron chi connectivity index (χ1n) is 5.81. The van der Waals surface area contributed by atoms with Gasteiger partial charge in [0.15, 0.2) is 0 Å². The molecule has 1 N–H and O–H groups in total. The molecule has 2 atom stereocenters. The summed E-state index contributed by atoms with van der Waals surface area (Å²) in [7, 11) is 0. The molecule has 1 aromatic rings. The van der Waals surface area contributed by atoms with Crippen molar-refractivity contribution < 1.29 is 4.79 Å². The van der Waals surface area contributed by atoms with Crippen LogP contribution in [0.25, 0.3) is 0 Å². The molecule has 1 aliphatic carbocycles. The highest BCUT2D eigenvalue weighted by Crippen LogP contribution is 2.33. The van der Waals surface area contributed by atoms with E-state index < -0.39 is 0 Å². The van der Waals surface area contributed by atoms with Crippen LogP contribution in [0.4, 0.5) is 0 Å². The van der Waals surface area contributed by atoms with E-state index in [1.165, 1.54) is 19.0 Å². The van der Waals surface area contributed by atoms with Crippen molar-refractivity contribution in [1.29, 1.82) is 0 Å². The Morgan fingerprint density at radius 1 is 1.76 bits per heavy atom. The number of hydrogen-bond donors (Lipinski definition) is 1. The van der Waals surface area contributed by atoms with E-state index >= 15 is 0 Å². The van der Waals surface area contributed by atoms with Crippen LogP contribution >= 0.6 is 27.5 Å². The van der Waals surface area contributed by atoms with Crippen LogP contribution in [0.5, 0.6) is 0 Å². The summed E-state index contributed by atoms with van der Waals surface area (Å²) in [5, 5.41) is 7.66. The molecule has 94 valence electrons. The lowest BCUT2D eigenvalue weighted by atomic mass is 9.77. The molecule has 2 rings (SSSR count). The first-order chi connectivity index (χ1) is 8.15. The molecule has 1 aliphatic rings. The Morgan fingerprint density at radius 2 is 2.59 bits per heavy atom. The van der Waals surface area contributed by atoms with Crippen LogP contribution in [0, 0.1) is 5.92 Å². The monoisotopic (exact) mass is 317 g/mol. The highest BCUT2D eigenvalue weighted by molar-refractivity contribution is 9.09. The molecule has 17 heavy (non-hydrogen) atoms. The van der Waals surface area contributed by atoms with Crippen LogP contribution in [0.3, 0.4) is 0 Å². The zero-order valence-corrected chi connectivity index (χ0v) is 12.2. The fourth-order valence-electron chi connectivity index (χ4n) is 2.50. The predicted molar refractivity (Wildman–Crippen MR) is 71.5 cm³/mol. The molecule has 1 saturated carbocycles. The van der Waals surface area contributed by atoms with Crippen LogP contribution in [0.15, 0.2) is 6.20 Å². The predicted octanol–water partition coefficient (Wildman–Crippen LogP) is 2.61. The fraction of sp³-hybridized carbons (Fsp3) is 0.727. The van der Waals surface area contributed by atoms with Crippen LogP contribution in [-0.4, -0.2) is 26.4 Å². The number of carbonyl (C=O) groups excluding carboxylic acids is 1. The maximum Gasteiger partial charge on any atom is 0.265 e. The Balaban J connectivity index is 2.06. The minimum absolute atomic E-state index is 0.0476. The van der Waals surface area contributed by atoms with Gasteiger partial charge in [0.1, 0.15) is 4.88 Å². The van der Waals surface area contributed by atoms with Crippen molar-refractivity contribution in [2.45, 2.75) is 38.1 Å². The summed E-state index contributed by atoms with van der Waals surface area (Å²) in [6.07, 6.45) is 6.03. The third-order valence-corrected chi connectivity index (χ3v) is 5.05. The lowest BCUT2D eigenvalue weighted by Gasteiger charge is -2.39. The van der Waals surface area contributed by atoms with E-state index in [1.807, 2.05) is 0 Å². The Kier molecular flexibility index (Phi) is 4.14. The van der Waals surface area contributed by atoms with Gasteiger partial charge in [0, 0.05) is 5.33 Å². The van der Waals surface area contributed by atoms with Gasteiger partial charge < -0.3 is 5.32 Å². The van der Waals surface area contributed by atoms with Crippen molar-refractivity contribution in [3.8, 4) is 0 Å². The summed E-state index contributed by atoms with van der Waals surface area (Å²) in [4.78, 5) is 12.6. The minimum atomic E-state index is -0.0985. The summed E-state index contributed by atoms with van der Waals surface area (Å²) >= 11 is 4.69. The Morgan fingerprint density at radius 3 is 3.18 bits per heavy atom. The number of hydrogen-bond acceptors (Lipinski definition) is 4. The van der Waals surface area contributed by atoms with Crippen molar-refractivity contribution in [2.24, 2.45) is 5.92 Å². The maximum absolute atomic E-state index is 12.0. The quantitative estimate of drug-likeness (QED) is 0.872. The zero-order chi connectivity index (χ0) is 12.3. The number of carbonyl (C=O) groups is 1. The second-order valence-corrected chi connectivity index (χ2v) is 6.20. The zero-order valence-electron chi connectivity index (χ0n) is 9.78. The fourth-order valence-corrected chi connectivity index (χ4v) is 3.56. The molecule has 4 nitrogen and oxygen atoms in total. The average Bonchev–Trinajstić information content (AvgIpc) is 2.82. The summed E-state index contributed by atoms with van der Waals surface area (Å²) in [5.41, 5.74) is -0.0985. The molecule has 0 spiro atoms. The summed E-state index contributed by atoms with van der Waals surface area (Å²) in [6.45, 7) is 2.25. The largest absolute Gasteiger partial charge is 0.345 e. The lowest BCUT2D eigenvalue weighted by molar-refractivity contribution is 0.0873. The highest BCUT2D eigenvalue weighted by atomic mass is 79.9. The van der Waals surface area contributed by atoms with Gasteiger partial charge in [0.25, 0.3) is 5.91 Å². The van der Waals surface area contributed by atoms with Gasteiger partial charge in [-0.3, -0.25) is 4.79 Å². The Bertz CT molecular complexity index is 384. The standard InChI is InChI=1S/C11H16BrN3OS/c1-8-3-2-4-11(5-8,7-12)14-10(16)9-6-13-15-17-9/h6,8H,2-5,7H2,1H3,(H,14,16). The summed E-state index contributed by atoms with van der Waals surface area (Å²) < 4.78 is 3.72. The van der Waals surface area contributed by atoms with Gasteiger partial charge in [0.05, 0.1) is 11.7 Å². The van der Waals surface area contributed by atoms with Crippen molar-refractivity contribution in [3.63, 3.8) is 0 Å². The lowest BCUT2D eigenvalue weighted by Crippen LogP contribution is -2.52. The number of alkyl halides is 1. The number of nitrogens with one attached hydrogen (secondary N) is 1. The molecule has 0 saturated heterocycles. The molecule has 1 amide bonds.